The van der Waals surface area contributed by atoms with Crippen molar-refractivity contribution < 1.29 is 0 Å². The monoisotopic (exact) mass is 498 g/mol. The van der Waals surface area contributed by atoms with Crippen molar-refractivity contribution in [2.45, 2.75) is 48.1 Å². The molecule has 3 heteroatoms. The van der Waals surface area contributed by atoms with E-state index < -0.39 is 0 Å². The van der Waals surface area contributed by atoms with Gasteiger partial charge < -0.3 is 0 Å². The highest BCUT2D eigenvalue weighted by Crippen LogP contribution is 2.54. The molecule has 0 aliphatic heterocycles. The summed E-state index contributed by atoms with van der Waals surface area (Å²) in [5.74, 6) is 0. The maximum absolute atomic E-state index is 3.71. The molecule has 0 fully saturated rings. The molecule has 0 N–H and O–H groups in total. The average molecular weight is 501 g/mol. The molecule has 0 nitrogen and oxygen atoms in total. The van der Waals surface area contributed by atoms with Gasteiger partial charge in [-0.3, -0.25) is 0 Å². The molecule has 0 saturated heterocycles. The molecule has 0 heterocycles. The van der Waals surface area contributed by atoms with Crippen molar-refractivity contribution in [2.75, 3.05) is 0 Å². The predicted molar refractivity (Wildman–Crippen MR) is 111 cm³/mol. The second kappa shape index (κ2) is 7.01. The lowest BCUT2D eigenvalue weighted by Crippen LogP contribution is -2.23. The number of benzene rings is 2. The van der Waals surface area contributed by atoms with Gasteiger partial charge in [0.05, 0.1) is 0 Å². The van der Waals surface area contributed by atoms with Crippen molar-refractivity contribution in [1.29, 1.82) is 0 Å². The second-order valence-corrected chi connectivity index (χ2v) is 7.93. The zero-order chi connectivity index (χ0) is 16.6. The average Bonchev–Trinajstić information content (AvgIpc) is 2.89. The van der Waals surface area contributed by atoms with Crippen LogP contribution in [-0.4, -0.2) is 0 Å². The van der Waals surface area contributed by atoms with Gasteiger partial charge in [-0.05, 0) is 51.8 Å². The molecule has 0 unspecified atom stereocenters. The Balaban J connectivity index is 2.38. The molecule has 2 aromatic carbocycles. The molecule has 0 aromatic heterocycles. The van der Waals surface area contributed by atoms with Crippen LogP contribution in [0.3, 0.4) is 0 Å². The minimum atomic E-state index is 0.151. The molecule has 0 atom stereocenters. The van der Waals surface area contributed by atoms with Gasteiger partial charge in [0.15, 0.2) is 0 Å². The van der Waals surface area contributed by atoms with E-state index in [1.54, 1.807) is 0 Å². The van der Waals surface area contributed by atoms with E-state index in [2.05, 4.69) is 92.0 Å². The van der Waals surface area contributed by atoms with E-state index in [1.165, 1.54) is 38.9 Å². The van der Waals surface area contributed by atoms with Crippen LogP contribution in [0.1, 0.15) is 54.5 Å². The van der Waals surface area contributed by atoms with E-state index in [1.807, 2.05) is 0 Å². The van der Waals surface area contributed by atoms with Crippen molar-refractivity contribution in [3.63, 3.8) is 0 Å². The first kappa shape index (κ1) is 17.7. The molecular formula is C20H21Br3. The van der Waals surface area contributed by atoms with Crippen LogP contribution < -0.4 is 0 Å². The summed E-state index contributed by atoms with van der Waals surface area (Å²) in [7, 11) is 0. The molecule has 0 bridgehead atoms. The molecule has 0 radical (unpaired) electrons. The molecule has 0 spiro atoms. The van der Waals surface area contributed by atoms with Crippen LogP contribution in [0.4, 0.5) is 0 Å². The third-order valence-corrected chi connectivity index (χ3v) is 7.22. The minimum Gasteiger partial charge on any atom is -0.0876 e. The lowest BCUT2D eigenvalue weighted by atomic mass is 9.73. The number of hydrogen-bond acceptors (Lipinski definition) is 0. The smallest absolute Gasteiger partial charge is 0.0289 e. The van der Waals surface area contributed by atoms with Gasteiger partial charge in [-0.1, -0.05) is 92.0 Å². The maximum atomic E-state index is 3.71. The van der Waals surface area contributed by atoms with Crippen molar-refractivity contribution in [1.82, 2.24) is 0 Å². The Kier molecular flexibility index (Phi) is 5.40. The number of alkyl halides is 3. The van der Waals surface area contributed by atoms with Crippen molar-refractivity contribution in [3.05, 3.63) is 58.1 Å². The second-order valence-electron chi connectivity index (χ2n) is 6.25. The minimum absolute atomic E-state index is 0.151. The molecular weight excluding hydrogens is 480 g/mol. The summed E-state index contributed by atoms with van der Waals surface area (Å²) in [6.07, 6.45) is 2.28. The highest BCUT2D eigenvalue weighted by Gasteiger charge is 2.41. The van der Waals surface area contributed by atoms with Gasteiger partial charge in [0.1, 0.15) is 0 Å². The van der Waals surface area contributed by atoms with Crippen LogP contribution in [0.2, 0.25) is 0 Å². The van der Waals surface area contributed by atoms with Crippen LogP contribution in [0.15, 0.2) is 30.3 Å². The molecule has 2 aromatic rings. The lowest BCUT2D eigenvalue weighted by molar-refractivity contribution is 0.490. The number of halogens is 3. The van der Waals surface area contributed by atoms with Gasteiger partial charge in [0.25, 0.3) is 0 Å². The van der Waals surface area contributed by atoms with E-state index in [-0.39, 0.29) is 5.41 Å². The molecule has 0 amide bonds. The lowest BCUT2D eigenvalue weighted by Gasteiger charge is -2.30. The van der Waals surface area contributed by atoms with Crippen molar-refractivity contribution in [2.24, 2.45) is 0 Å². The SMILES string of the molecule is CCC1(CC)c2cc(CBr)ccc2-c2c(CBr)cc(CBr)cc21. The number of rotatable bonds is 5. The Bertz CT molecular complexity index is 730. The molecule has 3 rings (SSSR count). The Morgan fingerprint density at radius 3 is 2.00 bits per heavy atom. The van der Waals surface area contributed by atoms with Gasteiger partial charge in [-0.15, -0.1) is 0 Å². The van der Waals surface area contributed by atoms with E-state index in [0.717, 1.165) is 28.8 Å². The summed E-state index contributed by atoms with van der Waals surface area (Å²) in [4.78, 5) is 0. The fourth-order valence-corrected chi connectivity index (χ4v) is 5.21. The van der Waals surface area contributed by atoms with Gasteiger partial charge in [-0.2, -0.15) is 0 Å². The summed E-state index contributed by atoms with van der Waals surface area (Å²) < 4.78 is 0. The summed E-state index contributed by atoms with van der Waals surface area (Å²) in [5.41, 5.74) is 10.2. The summed E-state index contributed by atoms with van der Waals surface area (Å²) in [5, 5.41) is 2.73. The Labute approximate surface area is 164 Å². The fourth-order valence-electron chi connectivity index (χ4n) is 4.09. The predicted octanol–water partition coefficient (Wildman–Crippen LogP) is 7.46. The fraction of sp³-hybridized carbons (Fsp3) is 0.400. The van der Waals surface area contributed by atoms with Crippen LogP contribution in [0, 0.1) is 0 Å². The molecule has 23 heavy (non-hydrogen) atoms. The normalized spacial score (nSPS) is 14.7. The summed E-state index contributed by atoms with van der Waals surface area (Å²) >= 11 is 11.0. The number of hydrogen-bond donors (Lipinski definition) is 0. The van der Waals surface area contributed by atoms with Gasteiger partial charge in [0.2, 0.25) is 0 Å². The topological polar surface area (TPSA) is 0 Å². The highest BCUT2D eigenvalue weighted by atomic mass is 79.9. The van der Waals surface area contributed by atoms with Crippen LogP contribution in [0.5, 0.6) is 0 Å². The van der Waals surface area contributed by atoms with Crippen LogP contribution in [-0.2, 0) is 21.4 Å². The van der Waals surface area contributed by atoms with Crippen molar-refractivity contribution in [3.8, 4) is 11.1 Å². The molecule has 122 valence electrons. The quantitative estimate of drug-likeness (QED) is 0.374. The largest absolute Gasteiger partial charge is 0.0876 e. The molecule has 1 aliphatic rings. The highest BCUT2D eigenvalue weighted by molar-refractivity contribution is 9.09. The Morgan fingerprint density at radius 1 is 0.783 bits per heavy atom. The van der Waals surface area contributed by atoms with Crippen molar-refractivity contribution >= 4 is 47.8 Å². The first-order valence-corrected chi connectivity index (χ1v) is 11.5. The summed E-state index contributed by atoms with van der Waals surface area (Å²) in [6.45, 7) is 4.66. The first-order valence-electron chi connectivity index (χ1n) is 8.13. The third-order valence-electron chi connectivity index (χ3n) is 5.32. The van der Waals surface area contributed by atoms with E-state index in [0.29, 0.717) is 0 Å². The first-order chi connectivity index (χ1) is 11.1. The zero-order valence-corrected chi connectivity index (χ0v) is 18.3. The van der Waals surface area contributed by atoms with E-state index in [9.17, 15) is 0 Å². The standard InChI is InChI=1S/C20H21Br3/c1-3-20(4-2)17-8-13(10-21)5-6-16(17)19-15(12-23)7-14(11-22)9-18(19)20/h5-9H,3-4,10-12H2,1-2H3. The van der Waals surface area contributed by atoms with Crippen LogP contribution >= 0.6 is 47.8 Å². The zero-order valence-electron chi connectivity index (χ0n) is 13.6. The van der Waals surface area contributed by atoms with E-state index in [4.69, 9.17) is 0 Å². The third kappa shape index (κ3) is 2.67. The van der Waals surface area contributed by atoms with Gasteiger partial charge in [0, 0.05) is 21.4 Å². The van der Waals surface area contributed by atoms with Gasteiger partial charge in [-0.25, -0.2) is 0 Å². The summed E-state index contributed by atoms with van der Waals surface area (Å²) in [6, 6.07) is 11.8. The Hall–Kier alpha value is -0.120. The molecule has 1 aliphatic carbocycles. The van der Waals surface area contributed by atoms with Crippen LogP contribution in [0.25, 0.3) is 11.1 Å². The number of fused-ring (bicyclic) bond motifs is 3. The molecule has 0 saturated carbocycles. The Morgan fingerprint density at radius 2 is 1.43 bits per heavy atom. The van der Waals surface area contributed by atoms with E-state index >= 15 is 0 Å². The maximum Gasteiger partial charge on any atom is 0.0289 e. The van der Waals surface area contributed by atoms with Gasteiger partial charge >= 0.3 is 0 Å².